The van der Waals surface area contributed by atoms with Gasteiger partial charge >= 0.3 is 5.97 Å². The van der Waals surface area contributed by atoms with E-state index in [4.69, 9.17) is 23.2 Å². The molecule has 1 atom stereocenters. The monoisotopic (exact) mass is 519 g/mol. The van der Waals surface area contributed by atoms with Gasteiger partial charge in [0.05, 0.1) is 15.5 Å². The molecule has 0 heterocycles. The number of hydrogen-bond acceptors (Lipinski definition) is 5. The van der Waals surface area contributed by atoms with Crippen LogP contribution in [0.25, 0.3) is 0 Å². The molecule has 34 heavy (non-hydrogen) atoms. The number of amides is 2. The number of rotatable bonds is 7. The van der Waals surface area contributed by atoms with E-state index in [1.807, 2.05) is 0 Å². The molecule has 0 aromatic heterocycles. The summed E-state index contributed by atoms with van der Waals surface area (Å²) < 4.78 is 23.5. The smallest absolute Gasteiger partial charge is 0.327 e. The van der Waals surface area contributed by atoms with Gasteiger partial charge in [-0.3, -0.25) is 14.5 Å². The number of carbonyl (C=O) groups is 3. The maximum atomic E-state index is 13.5. The molecule has 1 N–H and O–H groups in total. The van der Waals surface area contributed by atoms with Gasteiger partial charge in [-0.2, -0.15) is 0 Å². The molecule has 0 aliphatic rings. The number of carboxylic acid groups (broad SMARTS) is 1. The van der Waals surface area contributed by atoms with Crippen LogP contribution in [0.15, 0.2) is 77.7 Å². The Labute approximate surface area is 206 Å². The molecule has 0 spiro atoms. The second kappa shape index (κ2) is 10.4. The standard InChI is InChI=1S/C24H19Cl2NO6S/c1-34(32,33)18-10-7-16(8-11-18)22(28)27(23(29)19-12-9-17(25)14-20(19)26)21(24(30)31)13-15-5-3-2-4-6-15/h2-12,14,21H,13H2,1H3,(H,30,31)/t21-/m0/s1. The minimum absolute atomic E-state index is 0.0262. The van der Waals surface area contributed by atoms with Crippen molar-refractivity contribution in [1.29, 1.82) is 0 Å². The van der Waals surface area contributed by atoms with Crippen molar-refractivity contribution in [3.05, 3.63) is 99.5 Å². The predicted molar refractivity (Wildman–Crippen MR) is 128 cm³/mol. The van der Waals surface area contributed by atoms with Crippen LogP contribution in [0.3, 0.4) is 0 Å². The van der Waals surface area contributed by atoms with Gasteiger partial charge in [-0.05, 0) is 48.0 Å². The third-order valence-corrected chi connectivity index (χ3v) is 6.67. The third-order valence-electron chi connectivity index (χ3n) is 5.00. The Bertz CT molecular complexity index is 1340. The summed E-state index contributed by atoms with van der Waals surface area (Å²) in [6, 6.07) is 15.9. The first-order valence-electron chi connectivity index (χ1n) is 9.89. The summed E-state index contributed by atoms with van der Waals surface area (Å²) in [5, 5.41) is 10.2. The molecule has 10 heteroatoms. The Morgan fingerprint density at radius 2 is 1.53 bits per heavy atom. The quantitative estimate of drug-likeness (QED) is 0.464. The molecular weight excluding hydrogens is 501 g/mol. The first kappa shape index (κ1) is 25.4. The van der Waals surface area contributed by atoms with Gasteiger partial charge in [0, 0.05) is 23.3 Å². The lowest BCUT2D eigenvalue weighted by atomic mass is 10.0. The molecule has 0 aliphatic heterocycles. The molecular formula is C24H19Cl2NO6S. The largest absolute Gasteiger partial charge is 0.480 e. The lowest BCUT2D eigenvalue weighted by Gasteiger charge is -2.28. The molecule has 0 radical (unpaired) electrons. The number of carboxylic acids is 1. The van der Waals surface area contributed by atoms with Gasteiger partial charge in [-0.25, -0.2) is 13.2 Å². The summed E-state index contributed by atoms with van der Waals surface area (Å²) in [7, 11) is -3.52. The number of aliphatic carboxylic acids is 1. The zero-order chi connectivity index (χ0) is 25.0. The second-order valence-corrected chi connectivity index (χ2v) is 10.3. The van der Waals surface area contributed by atoms with Crippen LogP contribution in [0.4, 0.5) is 0 Å². The summed E-state index contributed by atoms with van der Waals surface area (Å²) in [6.07, 6.45) is 0.864. The molecule has 0 saturated carbocycles. The first-order chi connectivity index (χ1) is 16.0. The van der Waals surface area contributed by atoms with E-state index in [9.17, 15) is 27.9 Å². The SMILES string of the molecule is CS(=O)(=O)c1ccc(C(=O)N(C(=O)c2ccc(Cl)cc2Cl)[C@@H](Cc2ccccc2)C(=O)O)cc1. The lowest BCUT2D eigenvalue weighted by molar-refractivity contribution is -0.141. The highest BCUT2D eigenvalue weighted by Crippen LogP contribution is 2.25. The van der Waals surface area contributed by atoms with Crippen molar-refractivity contribution in [3.63, 3.8) is 0 Å². The van der Waals surface area contributed by atoms with Gasteiger partial charge in [0.15, 0.2) is 9.84 Å². The molecule has 0 aliphatic carbocycles. The van der Waals surface area contributed by atoms with E-state index < -0.39 is 33.7 Å². The van der Waals surface area contributed by atoms with E-state index in [0.29, 0.717) is 10.5 Å². The number of nitrogens with zero attached hydrogens (tertiary/aromatic N) is 1. The van der Waals surface area contributed by atoms with E-state index >= 15 is 0 Å². The van der Waals surface area contributed by atoms with Crippen molar-refractivity contribution < 1.29 is 27.9 Å². The number of carbonyl (C=O) groups excluding carboxylic acids is 2. The fourth-order valence-electron chi connectivity index (χ4n) is 3.28. The molecule has 176 valence electrons. The topological polar surface area (TPSA) is 109 Å². The number of benzene rings is 3. The van der Waals surface area contributed by atoms with Crippen LogP contribution in [-0.4, -0.2) is 48.5 Å². The molecule has 3 rings (SSSR count). The molecule has 7 nitrogen and oxygen atoms in total. The van der Waals surface area contributed by atoms with Crippen LogP contribution in [-0.2, 0) is 21.1 Å². The average Bonchev–Trinajstić information content (AvgIpc) is 2.78. The van der Waals surface area contributed by atoms with Crippen LogP contribution in [0.5, 0.6) is 0 Å². The zero-order valence-corrected chi connectivity index (χ0v) is 20.1. The van der Waals surface area contributed by atoms with E-state index in [-0.39, 0.29) is 32.5 Å². The molecule has 0 unspecified atom stereocenters. The number of imide groups is 1. The molecule has 3 aromatic rings. The van der Waals surface area contributed by atoms with Crippen LogP contribution >= 0.6 is 23.2 Å². The first-order valence-corrected chi connectivity index (χ1v) is 12.5. The highest BCUT2D eigenvalue weighted by atomic mass is 35.5. The molecule has 0 bridgehead atoms. The Kier molecular flexibility index (Phi) is 7.76. The van der Waals surface area contributed by atoms with Crippen LogP contribution < -0.4 is 0 Å². The average molecular weight is 520 g/mol. The van der Waals surface area contributed by atoms with E-state index in [1.54, 1.807) is 30.3 Å². The highest BCUT2D eigenvalue weighted by molar-refractivity contribution is 7.90. The van der Waals surface area contributed by atoms with Crippen LogP contribution in [0.1, 0.15) is 26.3 Å². The van der Waals surface area contributed by atoms with Crippen molar-refractivity contribution >= 4 is 50.8 Å². The van der Waals surface area contributed by atoms with Gasteiger partial charge in [0.25, 0.3) is 11.8 Å². The maximum absolute atomic E-state index is 13.5. The van der Waals surface area contributed by atoms with E-state index in [2.05, 4.69) is 0 Å². The third kappa shape index (κ3) is 5.83. The number of sulfone groups is 1. The van der Waals surface area contributed by atoms with Crippen molar-refractivity contribution in [1.82, 2.24) is 4.90 Å². The number of hydrogen-bond donors (Lipinski definition) is 1. The molecule has 0 fully saturated rings. The van der Waals surface area contributed by atoms with Gasteiger partial charge in [-0.1, -0.05) is 53.5 Å². The second-order valence-electron chi connectivity index (χ2n) is 7.44. The van der Waals surface area contributed by atoms with Crippen LogP contribution in [0.2, 0.25) is 10.0 Å². The normalized spacial score (nSPS) is 12.1. The summed E-state index contributed by atoms with van der Waals surface area (Å²) in [4.78, 5) is 39.8. The van der Waals surface area contributed by atoms with Crippen molar-refractivity contribution in [2.75, 3.05) is 6.26 Å². The van der Waals surface area contributed by atoms with Crippen molar-refractivity contribution in [2.24, 2.45) is 0 Å². The molecule has 3 aromatic carbocycles. The minimum atomic E-state index is -3.52. The fourth-order valence-corrected chi connectivity index (χ4v) is 4.40. The number of halogens is 2. The van der Waals surface area contributed by atoms with Crippen molar-refractivity contribution in [3.8, 4) is 0 Å². The summed E-state index contributed by atoms with van der Waals surface area (Å²) in [5.74, 6) is -3.25. The highest BCUT2D eigenvalue weighted by Gasteiger charge is 2.37. The van der Waals surface area contributed by atoms with E-state index in [1.165, 1.54) is 42.5 Å². The lowest BCUT2D eigenvalue weighted by Crippen LogP contribution is -2.50. The predicted octanol–water partition coefficient (Wildman–Crippen LogP) is 4.38. The summed E-state index contributed by atoms with van der Waals surface area (Å²) in [6.45, 7) is 0. The van der Waals surface area contributed by atoms with Gasteiger partial charge in [-0.15, -0.1) is 0 Å². The van der Waals surface area contributed by atoms with Crippen molar-refractivity contribution in [2.45, 2.75) is 17.4 Å². The fraction of sp³-hybridized carbons (Fsp3) is 0.125. The minimum Gasteiger partial charge on any atom is -0.480 e. The van der Waals surface area contributed by atoms with Crippen LogP contribution in [0, 0.1) is 0 Å². The Morgan fingerprint density at radius 1 is 0.912 bits per heavy atom. The van der Waals surface area contributed by atoms with Gasteiger partial charge in [0.2, 0.25) is 0 Å². The zero-order valence-electron chi connectivity index (χ0n) is 17.8. The Hall–Kier alpha value is -3.20. The Balaban J connectivity index is 2.10. The molecule has 2 amide bonds. The maximum Gasteiger partial charge on any atom is 0.327 e. The summed E-state index contributed by atoms with van der Waals surface area (Å²) >= 11 is 12.1. The molecule has 0 saturated heterocycles. The van der Waals surface area contributed by atoms with Gasteiger partial charge < -0.3 is 5.11 Å². The van der Waals surface area contributed by atoms with E-state index in [0.717, 1.165) is 6.26 Å². The summed E-state index contributed by atoms with van der Waals surface area (Å²) in [5.41, 5.74) is 0.423. The van der Waals surface area contributed by atoms with Gasteiger partial charge in [0.1, 0.15) is 6.04 Å². The Morgan fingerprint density at radius 3 is 2.06 bits per heavy atom.